The van der Waals surface area contributed by atoms with Gasteiger partial charge in [-0.05, 0) is 36.4 Å². The van der Waals surface area contributed by atoms with Crippen LogP contribution in [-0.2, 0) is 4.79 Å². The number of anilines is 2. The van der Waals surface area contributed by atoms with Gasteiger partial charge in [0.2, 0.25) is 11.0 Å². The highest BCUT2D eigenvalue weighted by Crippen LogP contribution is 2.26. The standard InChI is InChI=1S/C18H14F2N4O3S2/c1-27-12-5-3-11(4-6-12)21-15(25)9-28-18-24-23-17(29-18)22-16(26)13-7-2-10(19)8-14(13)20/h2-8H,9H2,1H3,(H,21,25)(H,22,23,26). The van der Waals surface area contributed by atoms with Crippen LogP contribution in [0.3, 0.4) is 0 Å². The Morgan fingerprint density at radius 2 is 1.86 bits per heavy atom. The van der Waals surface area contributed by atoms with E-state index in [9.17, 15) is 18.4 Å². The molecule has 0 radical (unpaired) electrons. The molecule has 3 aromatic rings. The number of aromatic nitrogens is 2. The maximum atomic E-state index is 13.7. The highest BCUT2D eigenvalue weighted by atomic mass is 32.2. The molecule has 0 saturated carbocycles. The Balaban J connectivity index is 1.51. The monoisotopic (exact) mass is 436 g/mol. The maximum Gasteiger partial charge on any atom is 0.260 e. The number of hydrogen-bond acceptors (Lipinski definition) is 7. The molecule has 11 heteroatoms. The van der Waals surface area contributed by atoms with Crippen molar-refractivity contribution in [1.82, 2.24) is 10.2 Å². The molecular formula is C18H14F2N4O3S2. The quantitative estimate of drug-likeness (QED) is 0.432. The molecule has 150 valence electrons. The number of nitrogens with zero attached hydrogens (tertiary/aromatic N) is 2. The summed E-state index contributed by atoms with van der Waals surface area (Å²) in [6.07, 6.45) is 0. The van der Waals surface area contributed by atoms with Crippen LogP contribution in [0.1, 0.15) is 10.4 Å². The molecule has 0 fully saturated rings. The van der Waals surface area contributed by atoms with E-state index in [2.05, 4.69) is 20.8 Å². The van der Waals surface area contributed by atoms with E-state index in [0.717, 1.165) is 35.2 Å². The van der Waals surface area contributed by atoms with Crippen LogP contribution in [0.4, 0.5) is 19.6 Å². The molecule has 0 spiro atoms. The number of benzene rings is 2. The van der Waals surface area contributed by atoms with Crippen molar-refractivity contribution >= 4 is 45.7 Å². The minimum Gasteiger partial charge on any atom is -0.497 e. The van der Waals surface area contributed by atoms with E-state index in [4.69, 9.17) is 4.74 Å². The maximum absolute atomic E-state index is 13.7. The SMILES string of the molecule is COc1ccc(NC(=O)CSc2nnc(NC(=O)c3ccc(F)cc3F)s2)cc1. The lowest BCUT2D eigenvalue weighted by Crippen LogP contribution is -2.13. The van der Waals surface area contributed by atoms with Crippen molar-refractivity contribution in [2.45, 2.75) is 4.34 Å². The Kier molecular flexibility index (Phi) is 6.73. The summed E-state index contributed by atoms with van der Waals surface area (Å²) >= 11 is 2.17. The first kappa shape index (κ1) is 20.7. The van der Waals surface area contributed by atoms with Crippen LogP contribution in [0, 0.1) is 11.6 Å². The van der Waals surface area contributed by atoms with E-state index in [1.807, 2.05) is 0 Å². The fraction of sp³-hybridized carbons (Fsp3) is 0.111. The van der Waals surface area contributed by atoms with E-state index in [-0.39, 0.29) is 22.4 Å². The average Bonchev–Trinajstić information content (AvgIpc) is 3.14. The number of rotatable bonds is 7. The predicted octanol–water partition coefficient (Wildman–Crippen LogP) is 3.81. The van der Waals surface area contributed by atoms with E-state index >= 15 is 0 Å². The van der Waals surface area contributed by atoms with Crippen LogP contribution >= 0.6 is 23.1 Å². The third-order valence-electron chi connectivity index (χ3n) is 3.50. The number of carbonyl (C=O) groups excluding carboxylic acids is 2. The molecule has 1 heterocycles. The summed E-state index contributed by atoms with van der Waals surface area (Å²) in [5.74, 6) is -2.00. The second kappa shape index (κ2) is 9.43. The van der Waals surface area contributed by atoms with Crippen molar-refractivity contribution in [1.29, 1.82) is 0 Å². The van der Waals surface area contributed by atoms with Crippen molar-refractivity contribution in [3.05, 3.63) is 59.7 Å². The Hall–Kier alpha value is -3.05. The van der Waals surface area contributed by atoms with Crippen LogP contribution in [0.25, 0.3) is 0 Å². The van der Waals surface area contributed by atoms with Gasteiger partial charge in [-0.1, -0.05) is 23.1 Å². The van der Waals surface area contributed by atoms with E-state index < -0.39 is 17.5 Å². The first-order valence-corrected chi connectivity index (χ1v) is 9.91. The minimum absolute atomic E-state index is 0.0845. The topological polar surface area (TPSA) is 93.2 Å². The lowest BCUT2D eigenvalue weighted by molar-refractivity contribution is -0.113. The van der Waals surface area contributed by atoms with Gasteiger partial charge in [-0.25, -0.2) is 8.78 Å². The lowest BCUT2D eigenvalue weighted by Gasteiger charge is -2.05. The smallest absolute Gasteiger partial charge is 0.260 e. The number of nitrogens with one attached hydrogen (secondary N) is 2. The Morgan fingerprint density at radius 3 is 2.55 bits per heavy atom. The molecule has 3 rings (SSSR count). The number of ether oxygens (including phenoxy) is 1. The normalized spacial score (nSPS) is 10.4. The molecule has 0 aliphatic rings. The summed E-state index contributed by atoms with van der Waals surface area (Å²) in [5.41, 5.74) is 0.317. The number of thioether (sulfide) groups is 1. The first-order chi connectivity index (χ1) is 13.9. The number of methoxy groups -OCH3 is 1. The van der Waals surface area contributed by atoms with Crippen molar-refractivity contribution in [3.63, 3.8) is 0 Å². The second-order valence-electron chi connectivity index (χ2n) is 5.52. The van der Waals surface area contributed by atoms with Gasteiger partial charge in [-0.2, -0.15) is 0 Å². The van der Waals surface area contributed by atoms with Gasteiger partial charge in [0.25, 0.3) is 5.91 Å². The number of hydrogen-bond donors (Lipinski definition) is 2. The Morgan fingerprint density at radius 1 is 1.10 bits per heavy atom. The summed E-state index contributed by atoms with van der Waals surface area (Å²) in [4.78, 5) is 24.1. The molecule has 0 saturated heterocycles. The highest BCUT2D eigenvalue weighted by molar-refractivity contribution is 8.01. The Labute approximate surface area is 172 Å². The zero-order valence-electron chi connectivity index (χ0n) is 14.9. The highest BCUT2D eigenvalue weighted by Gasteiger charge is 2.15. The Bertz CT molecular complexity index is 1030. The van der Waals surface area contributed by atoms with Gasteiger partial charge in [0.05, 0.1) is 18.4 Å². The first-order valence-electron chi connectivity index (χ1n) is 8.11. The van der Waals surface area contributed by atoms with E-state index in [1.54, 1.807) is 31.4 Å². The summed E-state index contributed by atoms with van der Waals surface area (Å²) in [6.45, 7) is 0. The van der Waals surface area contributed by atoms with Crippen LogP contribution in [0.15, 0.2) is 46.8 Å². The fourth-order valence-corrected chi connectivity index (χ4v) is 3.70. The third-order valence-corrected chi connectivity index (χ3v) is 5.48. The predicted molar refractivity (Wildman–Crippen MR) is 107 cm³/mol. The molecular weight excluding hydrogens is 422 g/mol. The van der Waals surface area contributed by atoms with Gasteiger partial charge < -0.3 is 10.1 Å². The van der Waals surface area contributed by atoms with Gasteiger partial charge in [-0.3, -0.25) is 14.9 Å². The molecule has 7 nitrogen and oxygen atoms in total. The van der Waals surface area contributed by atoms with Gasteiger partial charge >= 0.3 is 0 Å². The minimum atomic E-state index is -0.975. The second-order valence-corrected chi connectivity index (χ2v) is 7.72. The van der Waals surface area contributed by atoms with Crippen molar-refractivity contribution in [3.8, 4) is 5.75 Å². The van der Waals surface area contributed by atoms with Gasteiger partial charge in [0, 0.05) is 11.8 Å². The zero-order valence-corrected chi connectivity index (χ0v) is 16.6. The molecule has 0 unspecified atom stereocenters. The average molecular weight is 436 g/mol. The number of amides is 2. The molecule has 0 aliphatic heterocycles. The number of carbonyl (C=O) groups is 2. The molecule has 29 heavy (non-hydrogen) atoms. The van der Waals surface area contributed by atoms with Crippen molar-refractivity contribution < 1.29 is 23.1 Å². The lowest BCUT2D eigenvalue weighted by atomic mass is 10.2. The van der Waals surface area contributed by atoms with Crippen LogP contribution < -0.4 is 15.4 Å². The summed E-state index contributed by atoms with van der Waals surface area (Å²) in [5, 5.41) is 12.9. The summed E-state index contributed by atoms with van der Waals surface area (Å²) < 4.78 is 32.1. The van der Waals surface area contributed by atoms with Gasteiger partial charge in [-0.15, -0.1) is 10.2 Å². The molecule has 2 N–H and O–H groups in total. The largest absolute Gasteiger partial charge is 0.497 e. The molecule has 2 aromatic carbocycles. The summed E-state index contributed by atoms with van der Waals surface area (Å²) in [7, 11) is 1.55. The fourth-order valence-electron chi connectivity index (χ4n) is 2.16. The molecule has 0 aliphatic carbocycles. The molecule has 0 bridgehead atoms. The van der Waals surface area contributed by atoms with Crippen LogP contribution in [0.2, 0.25) is 0 Å². The van der Waals surface area contributed by atoms with Gasteiger partial charge in [0.1, 0.15) is 17.4 Å². The van der Waals surface area contributed by atoms with Gasteiger partial charge in [0.15, 0.2) is 4.34 Å². The van der Waals surface area contributed by atoms with Crippen molar-refractivity contribution in [2.75, 3.05) is 23.5 Å². The van der Waals surface area contributed by atoms with Crippen molar-refractivity contribution in [2.24, 2.45) is 0 Å². The summed E-state index contributed by atoms with van der Waals surface area (Å²) in [6, 6.07) is 9.54. The molecule has 1 aromatic heterocycles. The van der Waals surface area contributed by atoms with E-state index in [1.165, 1.54) is 0 Å². The van der Waals surface area contributed by atoms with Crippen LogP contribution in [0.5, 0.6) is 5.75 Å². The molecule has 2 amide bonds. The zero-order chi connectivity index (χ0) is 20.8. The third kappa shape index (κ3) is 5.72. The van der Waals surface area contributed by atoms with E-state index in [0.29, 0.717) is 21.8 Å². The number of halogens is 2. The molecule has 0 atom stereocenters. The van der Waals surface area contributed by atoms with Crippen LogP contribution in [-0.4, -0.2) is 34.9 Å².